The molecule has 0 radical (unpaired) electrons. The Hall–Kier alpha value is -1.78. The number of hydrogen-bond donors (Lipinski definition) is 0. The summed E-state index contributed by atoms with van der Waals surface area (Å²) in [6, 6.07) is 10.1. The third-order valence-corrected chi connectivity index (χ3v) is 10.9. The van der Waals surface area contributed by atoms with Crippen molar-refractivity contribution in [2.45, 2.75) is 18.6 Å². The van der Waals surface area contributed by atoms with Gasteiger partial charge in [-0.15, -0.1) is 0 Å². The molecule has 0 unspecified atom stereocenters. The molecule has 1 aliphatic rings. The molecule has 0 atom stereocenters. The van der Waals surface area contributed by atoms with E-state index >= 15 is 0 Å². The van der Waals surface area contributed by atoms with Crippen molar-refractivity contribution in [3.63, 3.8) is 0 Å². The average Bonchev–Trinajstić information content (AvgIpc) is 2.65. The van der Waals surface area contributed by atoms with Gasteiger partial charge in [0.25, 0.3) is 0 Å². The van der Waals surface area contributed by atoms with Crippen molar-refractivity contribution in [2.75, 3.05) is 0 Å². The van der Waals surface area contributed by atoms with Gasteiger partial charge in [-0.25, -0.2) is 0 Å². The van der Waals surface area contributed by atoms with Crippen molar-refractivity contribution in [3.05, 3.63) is 48.8 Å². The average molecular weight is 363 g/mol. The SMILES string of the molecule is C[Si-]1(C)(OS(=O)(=O)C(F)(F)F)[n+]2ccccc2-c2cccc[n+]21. The number of aromatic nitrogens is 2. The Morgan fingerprint density at radius 1 is 0.957 bits per heavy atom. The van der Waals surface area contributed by atoms with E-state index in [1.54, 1.807) is 48.8 Å². The molecular formula is C13H14F3N2O3SSi+. The number of alkyl halides is 3. The molecule has 2 aromatic heterocycles. The fourth-order valence-electron chi connectivity index (χ4n) is 2.98. The number of hydrogen-bond acceptors (Lipinski definition) is 3. The van der Waals surface area contributed by atoms with Gasteiger partial charge in [-0.2, -0.15) is 0 Å². The van der Waals surface area contributed by atoms with Crippen LogP contribution in [0.25, 0.3) is 11.4 Å². The topological polar surface area (TPSA) is 51.1 Å². The van der Waals surface area contributed by atoms with Crippen LogP contribution in [0.4, 0.5) is 13.2 Å². The normalized spacial score (nSPS) is 20.1. The van der Waals surface area contributed by atoms with Crippen molar-refractivity contribution in [1.29, 1.82) is 0 Å². The van der Waals surface area contributed by atoms with Crippen molar-refractivity contribution in [1.82, 2.24) is 0 Å². The summed E-state index contributed by atoms with van der Waals surface area (Å²) < 4.78 is 70.0. The van der Waals surface area contributed by atoms with Crippen molar-refractivity contribution in [2.24, 2.45) is 0 Å². The summed E-state index contributed by atoms with van der Waals surface area (Å²) in [7, 11) is -10.2. The second kappa shape index (κ2) is 4.39. The molecule has 0 aliphatic carbocycles. The van der Waals surface area contributed by atoms with Gasteiger partial charge in [0.15, 0.2) is 0 Å². The predicted molar refractivity (Wildman–Crippen MR) is 76.6 cm³/mol. The second-order valence-electron chi connectivity index (χ2n) is 5.98. The maximum absolute atomic E-state index is 12.9. The van der Waals surface area contributed by atoms with Gasteiger partial charge in [-0.05, 0) is 0 Å². The summed E-state index contributed by atoms with van der Waals surface area (Å²) in [5.41, 5.74) is -4.28. The molecule has 0 aromatic carbocycles. The molecule has 0 fully saturated rings. The third kappa shape index (κ3) is 2.12. The van der Waals surface area contributed by atoms with E-state index < -0.39 is 23.5 Å². The molecule has 0 saturated heterocycles. The van der Waals surface area contributed by atoms with Crippen LogP contribution in [-0.4, -0.2) is 21.8 Å². The Bertz CT molecular complexity index is 863. The zero-order chi connectivity index (χ0) is 17.1. The van der Waals surface area contributed by atoms with E-state index in [0.717, 1.165) is 0 Å². The number of pyridine rings is 2. The Labute approximate surface area is 131 Å². The van der Waals surface area contributed by atoms with E-state index in [2.05, 4.69) is 0 Å². The monoisotopic (exact) mass is 363 g/mol. The summed E-state index contributed by atoms with van der Waals surface area (Å²) in [6.07, 6.45) is 3.09. The molecule has 0 N–H and O–H groups in total. The summed E-state index contributed by atoms with van der Waals surface area (Å²) in [4.78, 5) is 0. The minimum absolute atomic E-state index is 0.601. The molecule has 0 saturated carbocycles. The zero-order valence-electron chi connectivity index (χ0n) is 12.3. The Balaban J connectivity index is 2.33. The summed E-state index contributed by atoms with van der Waals surface area (Å²) in [5, 5.41) is 0. The maximum atomic E-state index is 12.9. The standard InChI is InChI=1S/C13H14F3N2O3SSi/c1-23(2,21-22(19,20)13(14,15)16)17-9-5-3-7-11(17)12-8-4-6-10-18(12)23/h3-10H,1-2H3/q+1. The van der Waals surface area contributed by atoms with Crippen LogP contribution in [0, 0.1) is 0 Å². The molecular weight excluding hydrogens is 349 g/mol. The van der Waals surface area contributed by atoms with Crippen LogP contribution in [0.2, 0.25) is 13.1 Å². The molecule has 23 heavy (non-hydrogen) atoms. The van der Waals surface area contributed by atoms with E-state index in [9.17, 15) is 21.6 Å². The first-order chi connectivity index (χ1) is 10.5. The number of halogens is 3. The molecule has 5 nitrogen and oxygen atoms in total. The first kappa shape index (κ1) is 16.1. The second-order valence-corrected chi connectivity index (χ2v) is 13.2. The van der Waals surface area contributed by atoms with E-state index in [1.165, 1.54) is 21.6 Å². The zero-order valence-corrected chi connectivity index (χ0v) is 14.1. The van der Waals surface area contributed by atoms with Crippen LogP contribution in [0.15, 0.2) is 48.8 Å². The van der Waals surface area contributed by atoms with E-state index in [4.69, 9.17) is 3.87 Å². The van der Waals surface area contributed by atoms with Crippen LogP contribution in [0.3, 0.4) is 0 Å². The van der Waals surface area contributed by atoms with Gasteiger partial charge < -0.3 is 0 Å². The summed E-state index contributed by atoms with van der Waals surface area (Å²) in [6.45, 7) is 2.87. The van der Waals surface area contributed by atoms with E-state index in [-0.39, 0.29) is 0 Å². The quantitative estimate of drug-likeness (QED) is 0.602. The molecule has 124 valence electrons. The van der Waals surface area contributed by atoms with Gasteiger partial charge in [0.1, 0.15) is 0 Å². The van der Waals surface area contributed by atoms with Gasteiger partial charge in [-0.1, -0.05) is 0 Å². The fraction of sp³-hybridized carbons (Fsp3) is 0.231. The Morgan fingerprint density at radius 3 is 1.78 bits per heavy atom. The van der Waals surface area contributed by atoms with Crippen molar-refractivity contribution in [3.8, 4) is 11.4 Å². The van der Waals surface area contributed by atoms with Crippen LogP contribution < -0.4 is 8.47 Å². The van der Waals surface area contributed by atoms with Crippen molar-refractivity contribution < 1.29 is 33.9 Å². The van der Waals surface area contributed by atoms with Crippen LogP contribution in [0.5, 0.6) is 0 Å². The molecule has 3 heterocycles. The predicted octanol–water partition coefficient (Wildman–Crippen LogP) is 1.66. The Kier molecular flexibility index (Phi) is 3.07. The molecule has 0 amide bonds. The molecule has 3 rings (SSSR count). The number of rotatable bonds is 2. The Morgan fingerprint density at radius 2 is 1.39 bits per heavy atom. The molecule has 0 bridgehead atoms. The number of fused-ring (bicyclic) bond motifs is 3. The van der Waals surface area contributed by atoms with Gasteiger partial charge in [0.05, 0.1) is 0 Å². The molecule has 1 aliphatic heterocycles. The van der Waals surface area contributed by atoms with Crippen LogP contribution in [-0.2, 0) is 14.0 Å². The van der Waals surface area contributed by atoms with E-state index in [0.29, 0.717) is 11.4 Å². The fourth-order valence-corrected chi connectivity index (χ4v) is 9.55. The van der Waals surface area contributed by atoms with Gasteiger partial charge in [0, 0.05) is 0 Å². The first-order valence-corrected chi connectivity index (χ1v) is 11.4. The van der Waals surface area contributed by atoms with Gasteiger partial charge >= 0.3 is 131 Å². The first-order valence-electron chi connectivity index (χ1n) is 6.71. The van der Waals surface area contributed by atoms with Gasteiger partial charge in [-0.3, -0.25) is 0 Å². The third-order valence-electron chi connectivity index (χ3n) is 3.99. The minimum atomic E-state index is -5.76. The molecule has 2 aromatic rings. The molecule has 0 spiro atoms. The summed E-state index contributed by atoms with van der Waals surface area (Å²) in [5.74, 6) is 0. The van der Waals surface area contributed by atoms with Crippen LogP contribution in [0.1, 0.15) is 0 Å². The number of nitrogens with zero attached hydrogens (tertiary/aromatic N) is 2. The molecule has 10 heteroatoms. The summed E-state index contributed by atoms with van der Waals surface area (Å²) >= 11 is 0. The van der Waals surface area contributed by atoms with Crippen molar-refractivity contribution >= 4 is 18.0 Å². The van der Waals surface area contributed by atoms with Gasteiger partial charge in [0.2, 0.25) is 0 Å². The van der Waals surface area contributed by atoms with E-state index in [1.807, 2.05) is 0 Å². The van der Waals surface area contributed by atoms with Crippen LogP contribution >= 0.6 is 0 Å².